The fourth-order valence-corrected chi connectivity index (χ4v) is 1.82. The van der Waals surface area contributed by atoms with E-state index < -0.39 is 0 Å². The second-order valence-electron chi connectivity index (χ2n) is 4.14. The first kappa shape index (κ1) is 12.2. The summed E-state index contributed by atoms with van der Waals surface area (Å²) in [6, 6.07) is 4.38. The van der Waals surface area contributed by atoms with Crippen LogP contribution >= 0.6 is 0 Å². The number of hydrogen-bond donors (Lipinski definition) is 1. The van der Waals surface area contributed by atoms with Gasteiger partial charge in [-0.05, 0) is 31.4 Å². The molecule has 1 rings (SSSR count). The molecule has 2 nitrogen and oxygen atoms in total. The standard InChI is InChI=1S/C13H22N2/c1-4-6-11-8-9-12(7-5-2)15-13(11)10(3)14/h8-10H,4-7,14H2,1-3H3. The molecule has 0 bridgehead atoms. The maximum absolute atomic E-state index is 5.95. The van der Waals surface area contributed by atoms with E-state index in [0.29, 0.717) is 0 Å². The third kappa shape index (κ3) is 3.31. The zero-order chi connectivity index (χ0) is 11.3. The van der Waals surface area contributed by atoms with Gasteiger partial charge < -0.3 is 5.73 Å². The van der Waals surface area contributed by atoms with Gasteiger partial charge in [0.15, 0.2) is 0 Å². The number of rotatable bonds is 5. The van der Waals surface area contributed by atoms with Crippen molar-refractivity contribution in [3.05, 3.63) is 29.1 Å². The summed E-state index contributed by atoms with van der Waals surface area (Å²) >= 11 is 0. The molecular formula is C13H22N2. The molecule has 2 N–H and O–H groups in total. The van der Waals surface area contributed by atoms with Crippen LogP contribution in [0.4, 0.5) is 0 Å². The van der Waals surface area contributed by atoms with E-state index in [4.69, 9.17) is 5.73 Å². The molecule has 1 atom stereocenters. The van der Waals surface area contributed by atoms with Crippen molar-refractivity contribution < 1.29 is 0 Å². The molecule has 0 amide bonds. The van der Waals surface area contributed by atoms with Gasteiger partial charge in [0.05, 0.1) is 5.69 Å². The van der Waals surface area contributed by atoms with Crippen molar-refractivity contribution in [2.24, 2.45) is 5.73 Å². The highest BCUT2D eigenvalue weighted by Gasteiger charge is 2.08. The molecule has 1 aromatic heterocycles. The maximum atomic E-state index is 5.95. The van der Waals surface area contributed by atoms with E-state index in [2.05, 4.69) is 31.0 Å². The van der Waals surface area contributed by atoms with Gasteiger partial charge in [-0.3, -0.25) is 4.98 Å². The van der Waals surface area contributed by atoms with Crippen LogP contribution in [-0.2, 0) is 12.8 Å². The van der Waals surface area contributed by atoms with E-state index in [-0.39, 0.29) is 6.04 Å². The first-order valence-electron chi connectivity index (χ1n) is 5.93. The van der Waals surface area contributed by atoms with E-state index in [1.807, 2.05) is 6.92 Å². The van der Waals surface area contributed by atoms with Gasteiger partial charge in [-0.2, -0.15) is 0 Å². The molecule has 1 aromatic rings. The van der Waals surface area contributed by atoms with Crippen molar-refractivity contribution in [1.82, 2.24) is 4.98 Å². The summed E-state index contributed by atoms with van der Waals surface area (Å²) in [5.74, 6) is 0. The van der Waals surface area contributed by atoms with Crippen LogP contribution in [0, 0.1) is 0 Å². The quantitative estimate of drug-likeness (QED) is 0.804. The van der Waals surface area contributed by atoms with Crippen molar-refractivity contribution in [1.29, 1.82) is 0 Å². The Morgan fingerprint density at radius 3 is 2.40 bits per heavy atom. The molecule has 2 heteroatoms. The van der Waals surface area contributed by atoms with Gasteiger partial charge in [-0.15, -0.1) is 0 Å². The molecular weight excluding hydrogens is 184 g/mol. The molecule has 0 aliphatic heterocycles. The Morgan fingerprint density at radius 1 is 1.20 bits per heavy atom. The zero-order valence-electron chi connectivity index (χ0n) is 10.1. The summed E-state index contributed by atoms with van der Waals surface area (Å²) in [7, 11) is 0. The van der Waals surface area contributed by atoms with Gasteiger partial charge in [0.25, 0.3) is 0 Å². The van der Waals surface area contributed by atoms with E-state index >= 15 is 0 Å². The minimum atomic E-state index is 0.0448. The second kappa shape index (κ2) is 5.86. The van der Waals surface area contributed by atoms with Gasteiger partial charge in [0.1, 0.15) is 0 Å². The molecule has 0 spiro atoms. The van der Waals surface area contributed by atoms with Crippen molar-refractivity contribution in [3.8, 4) is 0 Å². The fourth-order valence-electron chi connectivity index (χ4n) is 1.82. The first-order chi connectivity index (χ1) is 7.19. The zero-order valence-corrected chi connectivity index (χ0v) is 10.1. The van der Waals surface area contributed by atoms with E-state index in [1.165, 1.54) is 11.3 Å². The summed E-state index contributed by atoms with van der Waals surface area (Å²) < 4.78 is 0. The number of aromatic nitrogens is 1. The molecule has 84 valence electrons. The van der Waals surface area contributed by atoms with Crippen LogP contribution in [0.15, 0.2) is 12.1 Å². The number of aryl methyl sites for hydroxylation is 2. The smallest absolute Gasteiger partial charge is 0.0603 e. The van der Waals surface area contributed by atoms with Crippen molar-refractivity contribution in [2.75, 3.05) is 0 Å². The van der Waals surface area contributed by atoms with Crippen molar-refractivity contribution in [3.63, 3.8) is 0 Å². The summed E-state index contributed by atoms with van der Waals surface area (Å²) in [6.45, 7) is 6.37. The Labute approximate surface area is 92.9 Å². The molecule has 0 aliphatic carbocycles. The minimum absolute atomic E-state index is 0.0448. The van der Waals surface area contributed by atoms with Gasteiger partial charge in [0, 0.05) is 11.7 Å². The van der Waals surface area contributed by atoms with Crippen LogP contribution in [0.3, 0.4) is 0 Å². The van der Waals surface area contributed by atoms with Crippen LogP contribution < -0.4 is 5.73 Å². The predicted octanol–water partition coefficient (Wildman–Crippen LogP) is 3.01. The Kier molecular flexibility index (Phi) is 4.76. The molecule has 1 unspecified atom stereocenters. The number of nitrogens with two attached hydrogens (primary N) is 1. The predicted molar refractivity (Wildman–Crippen MR) is 64.8 cm³/mol. The molecule has 0 aromatic carbocycles. The largest absolute Gasteiger partial charge is 0.323 e. The summed E-state index contributed by atoms with van der Waals surface area (Å²) in [6.07, 6.45) is 4.41. The summed E-state index contributed by atoms with van der Waals surface area (Å²) in [5, 5.41) is 0. The van der Waals surface area contributed by atoms with E-state index in [1.54, 1.807) is 0 Å². The lowest BCUT2D eigenvalue weighted by molar-refractivity contribution is 0.734. The highest BCUT2D eigenvalue weighted by atomic mass is 14.8. The molecule has 1 heterocycles. The molecule has 0 fully saturated rings. The highest BCUT2D eigenvalue weighted by molar-refractivity contribution is 5.25. The summed E-state index contributed by atoms with van der Waals surface area (Å²) in [4.78, 5) is 4.66. The van der Waals surface area contributed by atoms with Crippen LogP contribution in [0.5, 0.6) is 0 Å². The lowest BCUT2D eigenvalue weighted by Crippen LogP contribution is -2.12. The van der Waals surface area contributed by atoms with Gasteiger partial charge in [-0.1, -0.05) is 32.8 Å². The van der Waals surface area contributed by atoms with Crippen LogP contribution in [-0.4, -0.2) is 4.98 Å². The summed E-state index contributed by atoms with van der Waals surface area (Å²) in [5.41, 5.74) is 9.52. The minimum Gasteiger partial charge on any atom is -0.323 e. The normalized spacial score (nSPS) is 12.8. The van der Waals surface area contributed by atoms with Crippen molar-refractivity contribution >= 4 is 0 Å². The van der Waals surface area contributed by atoms with Gasteiger partial charge >= 0.3 is 0 Å². The average molecular weight is 206 g/mol. The topological polar surface area (TPSA) is 38.9 Å². The number of hydrogen-bond acceptors (Lipinski definition) is 2. The molecule has 0 aliphatic rings. The Hall–Kier alpha value is -0.890. The maximum Gasteiger partial charge on any atom is 0.0603 e. The third-order valence-electron chi connectivity index (χ3n) is 2.53. The monoisotopic (exact) mass is 206 g/mol. The van der Waals surface area contributed by atoms with Crippen LogP contribution in [0.1, 0.15) is 56.6 Å². The molecule has 0 saturated carbocycles. The SMILES string of the molecule is CCCc1ccc(CCC)c(C(C)N)n1. The fraction of sp³-hybridized carbons (Fsp3) is 0.615. The van der Waals surface area contributed by atoms with Crippen molar-refractivity contribution in [2.45, 2.75) is 52.5 Å². The Morgan fingerprint density at radius 2 is 1.87 bits per heavy atom. The van der Waals surface area contributed by atoms with E-state index in [9.17, 15) is 0 Å². The van der Waals surface area contributed by atoms with Gasteiger partial charge in [-0.25, -0.2) is 0 Å². The highest BCUT2D eigenvalue weighted by Crippen LogP contribution is 2.16. The average Bonchev–Trinajstić information content (AvgIpc) is 2.21. The third-order valence-corrected chi connectivity index (χ3v) is 2.53. The van der Waals surface area contributed by atoms with E-state index in [0.717, 1.165) is 31.4 Å². The first-order valence-corrected chi connectivity index (χ1v) is 5.93. The lowest BCUT2D eigenvalue weighted by Gasteiger charge is -2.12. The Bertz CT molecular complexity index is 305. The molecule has 0 radical (unpaired) electrons. The van der Waals surface area contributed by atoms with Crippen LogP contribution in [0.25, 0.3) is 0 Å². The number of pyridine rings is 1. The number of nitrogens with zero attached hydrogens (tertiary/aromatic N) is 1. The lowest BCUT2D eigenvalue weighted by atomic mass is 10.0. The van der Waals surface area contributed by atoms with Gasteiger partial charge in [0.2, 0.25) is 0 Å². The molecule has 0 saturated heterocycles. The Balaban J connectivity index is 2.97. The van der Waals surface area contributed by atoms with Crippen LogP contribution in [0.2, 0.25) is 0 Å². The molecule has 15 heavy (non-hydrogen) atoms. The second-order valence-corrected chi connectivity index (χ2v) is 4.14.